The highest BCUT2D eigenvalue weighted by Crippen LogP contribution is 2.32. The third-order valence-corrected chi connectivity index (χ3v) is 7.03. The summed E-state index contributed by atoms with van der Waals surface area (Å²) in [7, 11) is 0. The molecule has 1 N–H and O–H groups in total. The molecular formula is C25H37N3O2. The Balaban J connectivity index is 1.37. The quantitative estimate of drug-likeness (QED) is 0.806. The average Bonchev–Trinajstić information content (AvgIpc) is 3.38. The van der Waals surface area contributed by atoms with Crippen LogP contribution < -0.4 is 5.32 Å². The van der Waals surface area contributed by atoms with E-state index < -0.39 is 0 Å². The van der Waals surface area contributed by atoms with Gasteiger partial charge in [-0.15, -0.1) is 0 Å². The lowest BCUT2D eigenvalue weighted by molar-refractivity contribution is -0.129. The normalized spacial score (nSPS) is 22.2. The molecule has 3 fully saturated rings. The molecule has 2 aliphatic carbocycles. The molecule has 5 heteroatoms. The number of hydrogen-bond acceptors (Lipinski definition) is 3. The van der Waals surface area contributed by atoms with Crippen molar-refractivity contribution in [2.45, 2.75) is 76.8 Å². The molecular weight excluding hydrogens is 374 g/mol. The first-order valence-electron chi connectivity index (χ1n) is 11.8. The van der Waals surface area contributed by atoms with E-state index in [2.05, 4.69) is 43.1 Å². The van der Waals surface area contributed by atoms with Gasteiger partial charge in [0.05, 0.1) is 6.04 Å². The Kier molecular flexibility index (Phi) is 6.19. The van der Waals surface area contributed by atoms with Crippen LogP contribution in [0.15, 0.2) is 24.3 Å². The third kappa shape index (κ3) is 4.88. The van der Waals surface area contributed by atoms with E-state index in [1.165, 1.54) is 18.4 Å². The van der Waals surface area contributed by atoms with Gasteiger partial charge in [0.1, 0.15) is 0 Å². The predicted molar refractivity (Wildman–Crippen MR) is 120 cm³/mol. The minimum Gasteiger partial charge on any atom is -0.352 e. The summed E-state index contributed by atoms with van der Waals surface area (Å²) in [6.45, 7) is 9.51. The molecule has 4 rings (SSSR count). The maximum absolute atomic E-state index is 13.0. The third-order valence-electron chi connectivity index (χ3n) is 7.03. The topological polar surface area (TPSA) is 52.7 Å². The van der Waals surface area contributed by atoms with Crippen LogP contribution in [-0.2, 0) is 10.2 Å². The fourth-order valence-corrected chi connectivity index (χ4v) is 4.96. The van der Waals surface area contributed by atoms with Crippen molar-refractivity contribution in [3.8, 4) is 0 Å². The van der Waals surface area contributed by atoms with Gasteiger partial charge < -0.3 is 10.2 Å². The number of hydrogen-bond donors (Lipinski definition) is 1. The lowest BCUT2D eigenvalue weighted by Crippen LogP contribution is -2.58. The summed E-state index contributed by atoms with van der Waals surface area (Å²) in [5.74, 6) is 0.799. The van der Waals surface area contributed by atoms with Gasteiger partial charge in [0.25, 0.3) is 5.91 Å². The van der Waals surface area contributed by atoms with Crippen LogP contribution in [0.2, 0.25) is 0 Å². The van der Waals surface area contributed by atoms with Crippen molar-refractivity contribution in [2.24, 2.45) is 5.92 Å². The smallest absolute Gasteiger partial charge is 0.253 e. The molecule has 0 bridgehead atoms. The highest BCUT2D eigenvalue weighted by molar-refractivity contribution is 5.94. The monoisotopic (exact) mass is 411 g/mol. The van der Waals surface area contributed by atoms with Crippen LogP contribution in [0.4, 0.5) is 0 Å². The van der Waals surface area contributed by atoms with Crippen LogP contribution in [0.1, 0.15) is 75.2 Å². The fraction of sp³-hybridized carbons (Fsp3) is 0.680. The Morgan fingerprint density at radius 3 is 2.07 bits per heavy atom. The molecule has 0 spiro atoms. The van der Waals surface area contributed by atoms with Crippen molar-refractivity contribution < 1.29 is 9.59 Å². The van der Waals surface area contributed by atoms with Crippen molar-refractivity contribution in [3.05, 3.63) is 35.4 Å². The molecule has 1 aliphatic heterocycles. The molecule has 0 unspecified atom stereocenters. The Bertz CT molecular complexity index is 750. The number of nitrogens with one attached hydrogen (secondary N) is 1. The van der Waals surface area contributed by atoms with Crippen LogP contribution in [0.3, 0.4) is 0 Å². The number of carbonyl (C=O) groups is 2. The Morgan fingerprint density at radius 2 is 1.53 bits per heavy atom. The summed E-state index contributed by atoms with van der Waals surface area (Å²) < 4.78 is 0. The van der Waals surface area contributed by atoms with E-state index in [9.17, 15) is 9.59 Å². The van der Waals surface area contributed by atoms with Gasteiger partial charge in [0, 0.05) is 37.8 Å². The van der Waals surface area contributed by atoms with Crippen LogP contribution in [-0.4, -0.2) is 59.9 Å². The van der Waals surface area contributed by atoms with E-state index in [0.717, 1.165) is 44.3 Å². The number of rotatable bonds is 5. The second kappa shape index (κ2) is 8.70. The minimum absolute atomic E-state index is 0.0172. The number of amides is 2. The summed E-state index contributed by atoms with van der Waals surface area (Å²) in [4.78, 5) is 30.3. The SMILES string of the molecule is CC(C)(C)c1ccc(C(=O)N2CCN([C@H](C(=O)NC3CC3)C3CCCC3)CC2)cc1. The molecule has 3 aliphatic rings. The van der Waals surface area contributed by atoms with E-state index in [-0.39, 0.29) is 23.3 Å². The summed E-state index contributed by atoms with van der Waals surface area (Å²) >= 11 is 0. The highest BCUT2D eigenvalue weighted by atomic mass is 16.2. The van der Waals surface area contributed by atoms with Crippen LogP contribution in [0.25, 0.3) is 0 Å². The molecule has 1 aromatic rings. The van der Waals surface area contributed by atoms with Gasteiger partial charge in [-0.3, -0.25) is 14.5 Å². The van der Waals surface area contributed by atoms with E-state index in [0.29, 0.717) is 25.0 Å². The van der Waals surface area contributed by atoms with E-state index >= 15 is 0 Å². The molecule has 0 aromatic heterocycles. The molecule has 2 saturated carbocycles. The molecule has 0 radical (unpaired) electrons. The van der Waals surface area contributed by atoms with Gasteiger partial charge in [-0.05, 0) is 54.7 Å². The molecule has 1 saturated heterocycles. The second-order valence-corrected chi connectivity index (χ2v) is 10.4. The van der Waals surface area contributed by atoms with Crippen molar-refractivity contribution >= 4 is 11.8 Å². The van der Waals surface area contributed by atoms with Gasteiger partial charge >= 0.3 is 0 Å². The summed E-state index contributed by atoms with van der Waals surface area (Å²) in [6, 6.07) is 8.44. The molecule has 1 aromatic carbocycles. The van der Waals surface area contributed by atoms with Gasteiger partial charge in [-0.2, -0.15) is 0 Å². The molecule has 1 atom stereocenters. The van der Waals surface area contributed by atoms with Gasteiger partial charge in [-0.1, -0.05) is 45.7 Å². The Morgan fingerprint density at radius 1 is 0.933 bits per heavy atom. The highest BCUT2D eigenvalue weighted by Gasteiger charge is 2.39. The number of carbonyl (C=O) groups excluding carboxylic acids is 2. The zero-order valence-electron chi connectivity index (χ0n) is 18.8. The average molecular weight is 412 g/mol. The van der Waals surface area contributed by atoms with Crippen molar-refractivity contribution in [1.29, 1.82) is 0 Å². The first kappa shape index (κ1) is 21.4. The van der Waals surface area contributed by atoms with Gasteiger partial charge in [0.15, 0.2) is 0 Å². The zero-order chi connectivity index (χ0) is 21.3. The molecule has 164 valence electrons. The fourth-order valence-electron chi connectivity index (χ4n) is 4.96. The second-order valence-electron chi connectivity index (χ2n) is 10.4. The maximum atomic E-state index is 13.0. The van der Waals surface area contributed by atoms with Gasteiger partial charge in [0.2, 0.25) is 5.91 Å². The molecule has 1 heterocycles. The number of piperazine rings is 1. The number of nitrogens with zero attached hydrogens (tertiary/aromatic N) is 2. The van der Waals surface area contributed by atoms with Crippen molar-refractivity contribution in [3.63, 3.8) is 0 Å². The molecule has 2 amide bonds. The summed E-state index contributed by atoms with van der Waals surface area (Å²) in [5, 5.41) is 3.24. The molecule has 30 heavy (non-hydrogen) atoms. The lowest BCUT2D eigenvalue weighted by Gasteiger charge is -2.40. The predicted octanol–water partition coefficient (Wildman–Crippen LogP) is 3.58. The summed E-state index contributed by atoms with van der Waals surface area (Å²) in [5.41, 5.74) is 2.09. The summed E-state index contributed by atoms with van der Waals surface area (Å²) in [6.07, 6.45) is 7.03. The van der Waals surface area contributed by atoms with E-state index in [1.54, 1.807) is 0 Å². The standard InChI is InChI=1S/C25H37N3O2/c1-25(2,3)20-10-8-19(9-11-20)24(30)28-16-14-27(15-17-28)22(18-6-4-5-7-18)23(29)26-21-12-13-21/h8-11,18,21-22H,4-7,12-17H2,1-3H3,(H,26,29)/t22-/m0/s1. The van der Waals surface area contributed by atoms with Crippen molar-refractivity contribution in [2.75, 3.05) is 26.2 Å². The van der Waals surface area contributed by atoms with E-state index in [4.69, 9.17) is 0 Å². The van der Waals surface area contributed by atoms with Crippen molar-refractivity contribution in [1.82, 2.24) is 15.1 Å². The van der Waals surface area contributed by atoms with E-state index in [1.807, 2.05) is 17.0 Å². The van der Waals surface area contributed by atoms with Gasteiger partial charge in [-0.25, -0.2) is 0 Å². The van der Waals surface area contributed by atoms with Crippen LogP contribution >= 0.6 is 0 Å². The van der Waals surface area contributed by atoms with Crippen LogP contribution in [0, 0.1) is 5.92 Å². The largest absolute Gasteiger partial charge is 0.352 e. The number of benzene rings is 1. The first-order valence-corrected chi connectivity index (χ1v) is 11.8. The zero-order valence-corrected chi connectivity index (χ0v) is 18.8. The van der Waals surface area contributed by atoms with Crippen LogP contribution in [0.5, 0.6) is 0 Å². The lowest BCUT2D eigenvalue weighted by atomic mass is 9.86. The first-order chi connectivity index (χ1) is 14.3. The molecule has 5 nitrogen and oxygen atoms in total. The Labute approximate surface area is 181 Å². The minimum atomic E-state index is -0.0172. The maximum Gasteiger partial charge on any atom is 0.253 e. The Hall–Kier alpha value is -1.88.